The molecule has 0 saturated carbocycles. The molecule has 0 radical (unpaired) electrons. The average Bonchev–Trinajstić information content (AvgIpc) is 2.85. The first-order valence-corrected chi connectivity index (χ1v) is 8.46. The fraction of sp³-hybridized carbons (Fsp3) is 0.538. The van der Waals surface area contributed by atoms with Crippen molar-refractivity contribution in [3.05, 3.63) is 29.0 Å². The smallest absolute Gasteiger partial charge is 0.244 e. The van der Waals surface area contributed by atoms with Crippen LogP contribution in [0.5, 0.6) is 0 Å². The third-order valence-electron chi connectivity index (χ3n) is 4.18. The Morgan fingerprint density at radius 2 is 2.05 bits per heavy atom. The summed E-state index contributed by atoms with van der Waals surface area (Å²) < 4.78 is 39.7. The van der Waals surface area contributed by atoms with Crippen LogP contribution in [0.25, 0.3) is 0 Å². The molecule has 0 aliphatic carbocycles. The quantitative estimate of drug-likeness (QED) is 0.903. The van der Waals surface area contributed by atoms with Crippen LogP contribution in [0.2, 0.25) is 5.02 Å². The van der Waals surface area contributed by atoms with Gasteiger partial charge in [0.15, 0.2) is 0 Å². The third-order valence-corrected chi connectivity index (χ3v) is 6.53. The van der Waals surface area contributed by atoms with E-state index in [4.69, 9.17) is 11.6 Å². The van der Waals surface area contributed by atoms with E-state index in [-0.39, 0.29) is 9.92 Å². The lowest BCUT2D eigenvalue weighted by atomic mass is 9.90. The average molecular weight is 319 g/mol. The molecule has 2 unspecified atom stereocenters. The van der Waals surface area contributed by atoms with Gasteiger partial charge in [0.05, 0.1) is 5.02 Å². The Labute approximate surface area is 123 Å². The Balaban J connectivity index is 1.88. The second-order valence-corrected chi connectivity index (χ2v) is 7.72. The SMILES string of the molecule is O=S(=O)(c1ccc(F)cc1Cl)N1CCC2CNCC2C1. The van der Waals surface area contributed by atoms with Crippen molar-refractivity contribution in [3.8, 4) is 0 Å². The lowest BCUT2D eigenvalue weighted by molar-refractivity contribution is 0.228. The molecule has 2 aliphatic heterocycles. The minimum absolute atomic E-state index is 0.00928. The van der Waals surface area contributed by atoms with Crippen molar-refractivity contribution in [2.45, 2.75) is 11.3 Å². The molecule has 0 aromatic heterocycles. The number of hydrogen-bond donors (Lipinski definition) is 1. The van der Waals surface area contributed by atoms with E-state index in [1.54, 1.807) is 0 Å². The third kappa shape index (κ3) is 2.45. The number of fused-ring (bicyclic) bond motifs is 1. The summed E-state index contributed by atoms with van der Waals surface area (Å²) in [5.74, 6) is 0.385. The topological polar surface area (TPSA) is 49.4 Å². The molecule has 7 heteroatoms. The van der Waals surface area contributed by atoms with Crippen LogP contribution in [0.1, 0.15) is 6.42 Å². The van der Waals surface area contributed by atoms with Gasteiger partial charge in [-0.15, -0.1) is 0 Å². The highest BCUT2D eigenvalue weighted by atomic mass is 35.5. The van der Waals surface area contributed by atoms with Crippen molar-refractivity contribution in [1.82, 2.24) is 9.62 Å². The molecular formula is C13H16ClFN2O2S. The van der Waals surface area contributed by atoms with Crippen molar-refractivity contribution < 1.29 is 12.8 Å². The molecule has 2 aliphatic rings. The highest BCUT2D eigenvalue weighted by molar-refractivity contribution is 7.89. The van der Waals surface area contributed by atoms with Gasteiger partial charge in [0.25, 0.3) is 0 Å². The zero-order valence-electron chi connectivity index (χ0n) is 10.9. The van der Waals surface area contributed by atoms with Crippen molar-refractivity contribution in [2.24, 2.45) is 11.8 Å². The van der Waals surface area contributed by atoms with E-state index in [0.29, 0.717) is 24.9 Å². The number of piperidine rings is 1. The second kappa shape index (κ2) is 5.26. The fourth-order valence-electron chi connectivity index (χ4n) is 3.04. The summed E-state index contributed by atoms with van der Waals surface area (Å²) in [4.78, 5) is -0.00928. The molecule has 4 nitrogen and oxygen atoms in total. The van der Waals surface area contributed by atoms with Crippen molar-refractivity contribution in [1.29, 1.82) is 0 Å². The van der Waals surface area contributed by atoms with E-state index < -0.39 is 15.8 Å². The molecule has 0 bridgehead atoms. The molecule has 2 heterocycles. The standard InChI is InChI=1S/C13H16ClFN2O2S/c14-12-5-11(15)1-2-13(12)20(18,19)17-4-3-9-6-16-7-10(9)8-17/h1-2,5,9-10,16H,3-4,6-8H2. The minimum atomic E-state index is -3.64. The maximum absolute atomic E-state index is 13.1. The summed E-state index contributed by atoms with van der Waals surface area (Å²) in [7, 11) is -3.64. The van der Waals surface area contributed by atoms with Crippen LogP contribution in [0.4, 0.5) is 4.39 Å². The summed E-state index contributed by atoms with van der Waals surface area (Å²) in [6.45, 7) is 2.83. The summed E-state index contributed by atoms with van der Waals surface area (Å²) in [5, 5.41) is 3.24. The molecular weight excluding hydrogens is 303 g/mol. The van der Waals surface area contributed by atoms with Gasteiger partial charge >= 0.3 is 0 Å². The molecule has 2 fully saturated rings. The lowest BCUT2D eigenvalue weighted by Crippen LogP contribution is -2.43. The molecule has 3 rings (SSSR count). The Morgan fingerprint density at radius 1 is 1.30 bits per heavy atom. The van der Waals surface area contributed by atoms with Crippen LogP contribution >= 0.6 is 11.6 Å². The Kier molecular flexibility index (Phi) is 3.75. The van der Waals surface area contributed by atoms with Gasteiger partial charge in [-0.2, -0.15) is 4.31 Å². The highest BCUT2D eigenvalue weighted by Gasteiger charge is 2.38. The van der Waals surface area contributed by atoms with E-state index in [1.807, 2.05) is 0 Å². The van der Waals surface area contributed by atoms with Gasteiger partial charge in [-0.25, -0.2) is 12.8 Å². The normalized spacial score (nSPS) is 27.5. The Bertz CT molecular complexity index is 623. The monoisotopic (exact) mass is 318 g/mol. The van der Waals surface area contributed by atoms with Crippen LogP contribution < -0.4 is 5.32 Å². The van der Waals surface area contributed by atoms with Gasteiger partial charge in [-0.1, -0.05) is 11.6 Å². The molecule has 0 spiro atoms. The van der Waals surface area contributed by atoms with Gasteiger partial charge in [0, 0.05) is 13.1 Å². The van der Waals surface area contributed by atoms with E-state index in [9.17, 15) is 12.8 Å². The number of hydrogen-bond acceptors (Lipinski definition) is 3. The molecule has 110 valence electrons. The van der Waals surface area contributed by atoms with Crippen LogP contribution in [-0.2, 0) is 10.0 Å². The number of sulfonamides is 1. The summed E-state index contributed by atoms with van der Waals surface area (Å²) >= 11 is 5.89. The first-order valence-electron chi connectivity index (χ1n) is 6.64. The zero-order chi connectivity index (χ0) is 14.3. The van der Waals surface area contributed by atoms with Gasteiger partial charge < -0.3 is 5.32 Å². The summed E-state index contributed by atoms with van der Waals surface area (Å²) in [6, 6.07) is 3.41. The molecule has 1 aromatic carbocycles. The second-order valence-electron chi connectivity index (χ2n) is 5.40. The number of nitrogens with zero attached hydrogens (tertiary/aromatic N) is 1. The Morgan fingerprint density at radius 3 is 2.80 bits per heavy atom. The largest absolute Gasteiger partial charge is 0.316 e. The van der Waals surface area contributed by atoms with Gasteiger partial charge in [-0.05, 0) is 49.5 Å². The fourth-order valence-corrected chi connectivity index (χ4v) is 5.06. The van der Waals surface area contributed by atoms with Crippen LogP contribution in [-0.4, -0.2) is 38.9 Å². The number of rotatable bonds is 2. The van der Waals surface area contributed by atoms with Crippen molar-refractivity contribution in [3.63, 3.8) is 0 Å². The predicted molar refractivity (Wildman–Crippen MR) is 74.6 cm³/mol. The maximum Gasteiger partial charge on any atom is 0.244 e. The van der Waals surface area contributed by atoms with Crippen LogP contribution in [0, 0.1) is 17.7 Å². The van der Waals surface area contributed by atoms with Crippen LogP contribution in [0.15, 0.2) is 23.1 Å². The van der Waals surface area contributed by atoms with Gasteiger partial charge in [0.2, 0.25) is 10.0 Å². The number of nitrogens with one attached hydrogen (secondary N) is 1. The highest BCUT2D eigenvalue weighted by Crippen LogP contribution is 2.32. The van der Waals surface area contributed by atoms with Crippen molar-refractivity contribution >= 4 is 21.6 Å². The number of halogens is 2. The molecule has 0 amide bonds. The first kappa shape index (κ1) is 14.3. The maximum atomic E-state index is 13.1. The first-order chi connectivity index (χ1) is 9.48. The Hall–Kier alpha value is -0.690. The lowest BCUT2D eigenvalue weighted by Gasteiger charge is -2.33. The van der Waals surface area contributed by atoms with E-state index in [0.717, 1.165) is 31.6 Å². The van der Waals surface area contributed by atoms with E-state index in [2.05, 4.69) is 5.32 Å². The van der Waals surface area contributed by atoms with E-state index >= 15 is 0 Å². The summed E-state index contributed by atoms with van der Waals surface area (Å²) in [6.07, 6.45) is 0.857. The molecule has 2 atom stereocenters. The van der Waals surface area contributed by atoms with E-state index in [1.165, 1.54) is 10.4 Å². The zero-order valence-corrected chi connectivity index (χ0v) is 12.4. The molecule has 1 aromatic rings. The van der Waals surface area contributed by atoms with Crippen LogP contribution in [0.3, 0.4) is 0 Å². The number of benzene rings is 1. The van der Waals surface area contributed by atoms with Gasteiger partial charge in [-0.3, -0.25) is 0 Å². The summed E-state index contributed by atoms with van der Waals surface area (Å²) in [5.41, 5.74) is 0. The molecule has 20 heavy (non-hydrogen) atoms. The predicted octanol–water partition coefficient (Wildman–Crippen LogP) is 1.71. The molecule has 2 saturated heterocycles. The minimum Gasteiger partial charge on any atom is -0.316 e. The van der Waals surface area contributed by atoms with Gasteiger partial charge in [0.1, 0.15) is 10.7 Å². The van der Waals surface area contributed by atoms with Crippen molar-refractivity contribution in [2.75, 3.05) is 26.2 Å². The molecule has 1 N–H and O–H groups in total.